The SMILES string of the molecule is OCC#CCCCCCl. The Bertz CT molecular complexity index is 101. The second-order valence-corrected chi connectivity index (χ2v) is 2.04. The molecule has 1 N–H and O–H groups in total. The van der Waals surface area contributed by atoms with Crippen LogP contribution in [0.2, 0.25) is 0 Å². The van der Waals surface area contributed by atoms with Gasteiger partial charge in [0.1, 0.15) is 6.61 Å². The second-order valence-electron chi connectivity index (χ2n) is 1.66. The summed E-state index contributed by atoms with van der Waals surface area (Å²) in [6.45, 7) is -0.0269. The molecule has 2 heteroatoms. The van der Waals surface area contributed by atoms with Gasteiger partial charge in [-0.15, -0.1) is 17.5 Å². The van der Waals surface area contributed by atoms with Crippen molar-refractivity contribution in [3.8, 4) is 11.8 Å². The number of aliphatic hydroxyl groups excluding tert-OH is 1. The van der Waals surface area contributed by atoms with Crippen LogP contribution < -0.4 is 0 Å². The van der Waals surface area contributed by atoms with Gasteiger partial charge in [-0.2, -0.15) is 0 Å². The Morgan fingerprint density at radius 2 is 2.00 bits per heavy atom. The quantitative estimate of drug-likeness (QED) is 0.363. The number of hydrogen-bond acceptors (Lipinski definition) is 1. The van der Waals surface area contributed by atoms with E-state index >= 15 is 0 Å². The van der Waals surface area contributed by atoms with Crippen LogP contribution in [0, 0.1) is 11.8 Å². The Balaban J connectivity index is 2.90. The first-order valence-electron chi connectivity index (χ1n) is 3.04. The van der Waals surface area contributed by atoms with Crippen molar-refractivity contribution < 1.29 is 5.11 Å². The van der Waals surface area contributed by atoms with Gasteiger partial charge in [-0.3, -0.25) is 0 Å². The molecule has 1 nitrogen and oxygen atoms in total. The van der Waals surface area contributed by atoms with Crippen LogP contribution in [0.4, 0.5) is 0 Å². The maximum Gasteiger partial charge on any atom is 0.104 e. The van der Waals surface area contributed by atoms with E-state index in [9.17, 15) is 0 Å². The van der Waals surface area contributed by atoms with Crippen molar-refractivity contribution in [3.63, 3.8) is 0 Å². The summed E-state index contributed by atoms with van der Waals surface area (Å²) >= 11 is 5.42. The van der Waals surface area contributed by atoms with Crippen LogP contribution in [0.5, 0.6) is 0 Å². The highest BCUT2D eigenvalue weighted by Crippen LogP contribution is 1.94. The summed E-state index contributed by atoms with van der Waals surface area (Å²) in [6, 6.07) is 0. The van der Waals surface area contributed by atoms with Crippen molar-refractivity contribution in [1.29, 1.82) is 0 Å². The molecule has 0 heterocycles. The number of unbranched alkanes of at least 4 members (excludes halogenated alkanes) is 2. The van der Waals surface area contributed by atoms with Crippen molar-refractivity contribution in [2.45, 2.75) is 19.3 Å². The van der Waals surface area contributed by atoms with Crippen LogP contribution in [-0.2, 0) is 0 Å². The third-order valence-corrected chi connectivity index (χ3v) is 1.16. The standard InChI is InChI=1S/C7H11ClO/c8-6-4-2-1-3-5-7-9/h9H,1-2,4,6-7H2. The molecular formula is C7H11ClO. The van der Waals surface area contributed by atoms with Crippen LogP contribution in [-0.4, -0.2) is 17.6 Å². The summed E-state index contributed by atoms with van der Waals surface area (Å²) in [5.41, 5.74) is 0. The third kappa shape index (κ3) is 7.81. The van der Waals surface area contributed by atoms with Gasteiger partial charge in [0.05, 0.1) is 0 Å². The predicted octanol–water partition coefficient (Wildman–Crippen LogP) is 1.39. The Labute approximate surface area is 61.0 Å². The molecule has 0 spiro atoms. The minimum Gasteiger partial charge on any atom is -0.384 e. The van der Waals surface area contributed by atoms with Gasteiger partial charge in [-0.1, -0.05) is 5.92 Å². The lowest BCUT2D eigenvalue weighted by atomic mass is 10.2. The van der Waals surface area contributed by atoms with E-state index in [1.165, 1.54) is 0 Å². The van der Waals surface area contributed by atoms with E-state index < -0.39 is 0 Å². The van der Waals surface area contributed by atoms with Gasteiger partial charge >= 0.3 is 0 Å². The molecule has 0 aliphatic heterocycles. The van der Waals surface area contributed by atoms with Crippen LogP contribution >= 0.6 is 11.6 Å². The van der Waals surface area contributed by atoms with Crippen molar-refractivity contribution in [1.82, 2.24) is 0 Å². The van der Waals surface area contributed by atoms with Gasteiger partial charge in [0.25, 0.3) is 0 Å². The number of halogens is 1. The summed E-state index contributed by atoms with van der Waals surface area (Å²) in [5.74, 6) is 6.09. The minimum atomic E-state index is -0.0269. The van der Waals surface area contributed by atoms with Gasteiger partial charge in [0.15, 0.2) is 0 Å². The van der Waals surface area contributed by atoms with Gasteiger partial charge in [0.2, 0.25) is 0 Å². The topological polar surface area (TPSA) is 20.2 Å². The highest BCUT2D eigenvalue weighted by atomic mass is 35.5. The van der Waals surface area contributed by atoms with Gasteiger partial charge < -0.3 is 5.11 Å². The molecule has 0 radical (unpaired) electrons. The molecule has 0 fully saturated rings. The highest BCUT2D eigenvalue weighted by molar-refractivity contribution is 6.17. The second kappa shape index (κ2) is 7.81. The van der Waals surface area contributed by atoms with Gasteiger partial charge in [-0.05, 0) is 12.8 Å². The van der Waals surface area contributed by atoms with E-state index in [2.05, 4.69) is 11.8 Å². The molecule has 0 saturated heterocycles. The predicted molar refractivity (Wildman–Crippen MR) is 39.4 cm³/mol. The molecule has 0 aromatic heterocycles. The lowest BCUT2D eigenvalue weighted by molar-refractivity contribution is 0.350. The summed E-state index contributed by atoms with van der Waals surface area (Å²) in [6.07, 6.45) is 2.91. The fraction of sp³-hybridized carbons (Fsp3) is 0.714. The van der Waals surface area contributed by atoms with E-state index in [-0.39, 0.29) is 6.61 Å². The Morgan fingerprint density at radius 3 is 2.56 bits per heavy atom. The van der Waals surface area contributed by atoms with Crippen LogP contribution in [0.15, 0.2) is 0 Å². The summed E-state index contributed by atoms with van der Waals surface area (Å²) < 4.78 is 0. The molecule has 52 valence electrons. The zero-order valence-electron chi connectivity index (χ0n) is 5.36. The molecule has 0 aromatic carbocycles. The molecule has 9 heavy (non-hydrogen) atoms. The third-order valence-electron chi connectivity index (χ3n) is 0.889. The van der Waals surface area contributed by atoms with Gasteiger partial charge in [-0.25, -0.2) is 0 Å². The Kier molecular flexibility index (Phi) is 7.65. The average Bonchev–Trinajstić information content (AvgIpc) is 1.89. The molecule has 0 rings (SSSR count). The van der Waals surface area contributed by atoms with Crippen molar-refractivity contribution in [3.05, 3.63) is 0 Å². The van der Waals surface area contributed by atoms with E-state index in [4.69, 9.17) is 16.7 Å². The fourth-order valence-corrected chi connectivity index (χ4v) is 0.641. The van der Waals surface area contributed by atoms with Crippen molar-refractivity contribution >= 4 is 11.6 Å². The maximum absolute atomic E-state index is 8.22. The molecule has 0 aromatic rings. The Hall–Kier alpha value is -0.190. The number of rotatable bonds is 3. The summed E-state index contributed by atoms with van der Waals surface area (Å²) in [7, 11) is 0. The van der Waals surface area contributed by atoms with E-state index in [0.717, 1.165) is 19.3 Å². The lowest BCUT2D eigenvalue weighted by Gasteiger charge is -1.86. The molecule has 0 unspecified atom stereocenters. The Morgan fingerprint density at radius 1 is 1.22 bits per heavy atom. The fourth-order valence-electron chi connectivity index (χ4n) is 0.452. The van der Waals surface area contributed by atoms with Crippen molar-refractivity contribution in [2.24, 2.45) is 0 Å². The van der Waals surface area contributed by atoms with E-state index in [1.807, 2.05) is 0 Å². The highest BCUT2D eigenvalue weighted by Gasteiger charge is 1.80. The van der Waals surface area contributed by atoms with Gasteiger partial charge in [0, 0.05) is 12.3 Å². The average molecular weight is 147 g/mol. The van der Waals surface area contributed by atoms with E-state index in [1.54, 1.807) is 0 Å². The first kappa shape index (κ1) is 8.81. The van der Waals surface area contributed by atoms with Crippen LogP contribution in [0.1, 0.15) is 19.3 Å². The molecule has 0 saturated carbocycles. The number of hydrogen-bond donors (Lipinski definition) is 1. The number of aliphatic hydroxyl groups is 1. The molecule has 0 atom stereocenters. The zero-order valence-corrected chi connectivity index (χ0v) is 6.12. The normalized spacial score (nSPS) is 8.22. The zero-order chi connectivity index (χ0) is 6.95. The van der Waals surface area contributed by atoms with Crippen molar-refractivity contribution in [2.75, 3.05) is 12.5 Å². The molecular weight excluding hydrogens is 136 g/mol. The summed E-state index contributed by atoms with van der Waals surface area (Å²) in [5, 5.41) is 8.22. The molecule has 0 aliphatic rings. The maximum atomic E-state index is 8.22. The molecule has 0 aliphatic carbocycles. The lowest BCUT2D eigenvalue weighted by Crippen LogP contribution is -1.76. The molecule has 0 amide bonds. The largest absolute Gasteiger partial charge is 0.384 e. The smallest absolute Gasteiger partial charge is 0.104 e. The summed E-state index contributed by atoms with van der Waals surface area (Å²) in [4.78, 5) is 0. The monoisotopic (exact) mass is 146 g/mol. The number of alkyl halides is 1. The molecule has 0 bridgehead atoms. The van der Waals surface area contributed by atoms with Crippen LogP contribution in [0.3, 0.4) is 0 Å². The first-order chi connectivity index (χ1) is 4.41. The van der Waals surface area contributed by atoms with Crippen LogP contribution in [0.25, 0.3) is 0 Å². The minimum absolute atomic E-state index is 0.0269. The van der Waals surface area contributed by atoms with E-state index in [0.29, 0.717) is 5.88 Å². The first-order valence-corrected chi connectivity index (χ1v) is 3.58.